The van der Waals surface area contributed by atoms with Gasteiger partial charge in [0.25, 0.3) is 5.91 Å². The molecule has 0 aliphatic carbocycles. The summed E-state index contributed by atoms with van der Waals surface area (Å²) in [4.78, 5) is 12.3. The van der Waals surface area contributed by atoms with Crippen LogP contribution in [0.15, 0.2) is 84.0 Å². The maximum absolute atomic E-state index is 12.3. The van der Waals surface area contributed by atoms with Crippen LogP contribution >= 0.6 is 34.2 Å². The lowest BCUT2D eigenvalue weighted by Gasteiger charge is -2.15. The van der Waals surface area contributed by atoms with Gasteiger partial charge in [0.1, 0.15) is 6.61 Å². The molecule has 0 heterocycles. The van der Waals surface area contributed by atoms with Crippen molar-refractivity contribution in [2.45, 2.75) is 13.5 Å². The molecular formula is C27H22ClIN2O3. The topological polar surface area (TPSA) is 59.9 Å². The van der Waals surface area contributed by atoms with Crippen LogP contribution in [0.3, 0.4) is 0 Å². The van der Waals surface area contributed by atoms with Crippen molar-refractivity contribution >= 4 is 57.1 Å². The minimum absolute atomic E-state index is 0.364. The summed E-state index contributed by atoms with van der Waals surface area (Å²) in [6.07, 6.45) is 1.56. The molecule has 4 aromatic rings. The fraction of sp³-hybridized carbons (Fsp3) is 0.111. The van der Waals surface area contributed by atoms with Crippen molar-refractivity contribution in [2.75, 3.05) is 6.61 Å². The number of fused-ring (bicyclic) bond motifs is 1. The van der Waals surface area contributed by atoms with E-state index >= 15 is 0 Å². The molecule has 0 aliphatic rings. The van der Waals surface area contributed by atoms with Gasteiger partial charge in [-0.2, -0.15) is 5.10 Å². The summed E-state index contributed by atoms with van der Waals surface area (Å²) in [5.41, 5.74) is 4.74. The van der Waals surface area contributed by atoms with Crippen LogP contribution in [0.4, 0.5) is 0 Å². The number of amides is 1. The van der Waals surface area contributed by atoms with Crippen molar-refractivity contribution in [2.24, 2.45) is 5.10 Å². The minimum Gasteiger partial charge on any atom is -0.490 e. The minimum atomic E-state index is -0.378. The molecule has 4 aromatic carbocycles. The Morgan fingerprint density at radius 1 is 1.03 bits per heavy atom. The molecule has 0 aromatic heterocycles. The Hall–Kier alpha value is -3.10. The number of carbonyl (C=O) groups excluding carboxylic acids is 1. The van der Waals surface area contributed by atoms with Crippen molar-refractivity contribution < 1.29 is 14.3 Å². The Morgan fingerprint density at radius 3 is 2.62 bits per heavy atom. The molecule has 0 bridgehead atoms. The Labute approximate surface area is 216 Å². The van der Waals surface area contributed by atoms with Gasteiger partial charge in [-0.25, -0.2) is 5.43 Å². The van der Waals surface area contributed by atoms with E-state index in [1.54, 1.807) is 30.5 Å². The van der Waals surface area contributed by atoms with E-state index in [1.807, 2.05) is 37.3 Å². The highest BCUT2D eigenvalue weighted by Crippen LogP contribution is 2.35. The van der Waals surface area contributed by atoms with Gasteiger partial charge in [0, 0.05) is 0 Å². The summed E-state index contributed by atoms with van der Waals surface area (Å²) in [6.45, 7) is 2.83. The highest BCUT2D eigenvalue weighted by molar-refractivity contribution is 14.1. The molecule has 0 radical (unpaired) electrons. The maximum Gasteiger partial charge on any atom is 0.272 e. The van der Waals surface area contributed by atoms with Gasteiger partial charge in [0.05, 0.1) is 27.0 Å². The number of halogens is 2. The quantitative estimate of drug-likeness (QED) is 0.140. The zero-order valence-corrected chi connectivity index (χ0v) is 21.3. The van der Waals surface area contributed by atoms with Crippen LogP contribution in [0.2, 0.25) is 5.02 Å². The number of nitrogens with one attached hydrogen (secondary N) is 1. The number of carbonyl (C=O) groups is 1. The van der Waals surface area contributed by atoms with E-state index in [0.29, 0.717) is 35.3 Å². The Morgan fingerprint density at radius 2 is 1.79 bits per heavy atom. The molecular weight excluding hydrogens is 563 g/mol. The monoisotopic (exact) mass is 584 g/mol. The van der Waals surface area contributed by atoms with Crippen LogP contribution in [-0.2, 0) is 6.61 Å². The summed E-state index contributed by atoms with van der Waals surface area (Å²) in [7, 11) is 0. The fourth-order valence-electron chi connectivity index (χ4n) is 3.50. The van der Waals surface area contributed by atoms with Gasteiger partial charge in [0.2, 0.25) is 0 Å². The molecule has 34 heavy (non-hydrogen) atoms. The predicted molar refractivity (Wildman–Crippen MR) is 145 cm³/mol. The van der Waals surface area contributed by atoms with E-state index in [1.165, 1.54) is 5.39 Å². The Balaban J connectivity index is 1.51. The Bertz CT molecular complexity index is 1350. The number of nitrogens with zero attached hydrogens (tertiary/aromatic N) is 1. The van der Waals surface area contributed by atoms with Crippen molar-refractivity contribution in [3.8, 4) is 11.5 Å². The molecule has 0 atom stereocenters. The number of benzene rings is 4. The summed E-state index contributed by atoms with van der Waals surface area (Å²) in [5, 5.41) is 6.78. The molecule has 0 aliphatic heterocycles. The average molecular weight is 585 g/mol. The Kier molecular flexibility index (Phi) is 8.03. The van der Waals surface area contributed by atoms with E-state index < -0.39 is 0 Å². The fourth-order valence-corrected chi connectivity index (χ4v) is 4.51. The van der Waals surface area contributed by atoms with Gasteiger partial charge in [-0.15, -0.1) is 0 Å². The van der Waals surface area contributed by atoms with Gasteiger partial charge in [0.15, 0.2) is 11.5 Å². The molecule has 172 valence electrons. The van der Waals surface area contributed by atoms with Crippen LogP contribution < -0.4 is 14.9 Å². The van der Waals surface area contributed by atoms with Gasteiger partial charge in [-0.3, -0.25) is 4.79 Å². The van der Waals surface area contributed by atoms with Crippen LogP contribution in [-0.4, -0.2) is 18.7 Å². The smallest absolute Gasteiger partial charge is 0.272 e. The first kappa shape index (κ1) is 24.0. The summed E-state index contributed by atoms with van der Waals surface area (Å²) < 4.78 is 13.0. The lowest BCUT2D eigenvalue weighted by Crippen LogP contribution is -2.18. The van der Waals surface area contributed by atoms with Gasteiger partial charge in [-0.1, -0.05) is 66.2 Å². The number of hydrogen-bond donors (Lipinski definition) is 1. The highest BCUT2D eigenvalue weighted by Gasteiger charge is 2.13. The van der Waals surface area contributed by atoms with E-state index in [9.17, 15) is 4.79 Å². The molecule has 0 unspecified atom stereocenters. The number of hydrogen-bond acceptors (Lipinski definition) is 4. The zero-order chi connectivity index (χ0) is 23.9. The SMILES string of the molecule is CCOc1cc(/C=N\NC(=O)c2ccccc2Cl)cc(I)c1OCc1cccc2ccccc12. The zero-order valence-electron chi connectivity index (χ0n) is 18.4. The average Bonchev–Trinajstić information content (AvgIpc) is 2.84. The van der Waals surface area contributed by atoms with Crippen molar-refractivity contribution in [3.63, 3.8) is 0 Å². The molecule has 0 fully saturated rings. The van der Waals surface area contributed by atoms with Crippen LogP contribution in [0.5, 0.6) is 11.5 Å². The van der Waals surface area contributed by atoms with E-state index in [0.717, 1.165) is 20.1 Å². The lowest BCUT2D eigenvalue weighted by atomic mass is 10.1. The van der Waals surface area contributed by atoms with Crippen molar-refractivity contribution in [1.29, 1.82) is 0 Å². The number of rotatable bonds is 8. The van der Waals surface area contributed by atoms with E-state index in [2.05, 4.69) is 57.4 Å². The molecule has 1 N–H and O–H groups in total. The van der Waals surface area contributed by atoms with Gasteiger partial charge >= 0.3 is 0 Å². The van der Waals surface area contributed by atoms with Gasteiger partial charge < -0.3 is 9.47 Å². The molecule has 5 nitrogen and oxygen atoms in total. The second-order valence-corrected chi connectivity index (χ2v) is 8.94. The summed E-state index contributed by atoms with van der Waals surface area (Å²) in [6, 6.07) is 25.0. The summed E-state index contributed by atoms with van der Waals surface area (Å²) >= 11 is 8.29. The van der Waals surface area contributed by atoms with Crippen LogP contribution in [0.1, 0.15) is 28.4 Å². The first-order chi connectivity index (χ1) is 16.6. The molecule has 0 saturated carbocycles. The molecule has 4 rings (SSSR count). The largest absolute Gasteiger partial charge is 0.490 e. The normalized spacial score (nSPS) is 11.0. The molecule has 7 heteroatoms. The third-order valence-electron chi connectivity index (χ3n) is 5.08. The second kappa shape index (κ2) is 11.4. The van der Waals surface area contributed by atoms with Crippen LogP contribution in [0.25, 0.3) is 10.8 Å². The predicted octanol–water partition coefficient (Wildman–Crippen LogP) is 6.84. The third-order valence-corrected chi connectivity index (χ3v) is 6.21. The lowest BCUT2D eigenvalue weighted by molar-refractivity contribution is 0.0955. The molecule has 0 saturated heterocycles. The van der Waals surface area contributed by atoms with E-state index in [4.69, 9.17) is 21.1 Å². The van der Waals surface area contributed by atoms with E-state index in [-0.39, 0.29) is 5.91 Å². The highest BCUT2D eigenvalue weighted by atomic mass is 127. The number of ether oxygens (including phenoxy) is 2. The maximum atomic E-state index is 12.3. The number of hydrazone groups is 1. The molecule has 1 amide bonds. The van der Waals surface area contributed by atoms with Gasteiger partial charge in [-0.05, 0) is 75.7 Å². The first-order valence-electron chi connectivity index (χ1n) is 10.7. The van der Waals surface area contributed by atoms with Crippen LogP contribution in [0, 0.1) is 3.57 Å². The second-order valence-electron chi connectivity index (χ2n) is 7.37. The first-order valence-corrected chi connectivity index (χ1v) is 12.2. The third kappa shape index (κ3) is 5.69. The molecule has 0 spiro atoms. The van der Waals surface area contributed by atoms with Crippen molar-refractivity contribution in [1.82, 2.24) is 5.43 Å². The summed E-state index contributed by atoms with van der Waals surface area (Å²) in [5.74, 6) is 0.915. The van der Waals surface area contributed by atoms with Crippen molar-refractivity contribution in [3.05, 3.63) is 104 Å². The standard InChI is InChI=1S/C27H22ClIN2O3/c1-2-33-25-15-18(16-30-31-27(32)22-12-5-6-13-23(22)28)14-24(29)26(25)34-17-20-10-7-9-19-8-3-4-11-21(19)20/h3-16H,2,17H2,1H3,(H,31,32)/b30-16-.